The van der Waals surface area contributed by atoms with Crippen LogP contribution in [0.25, 0.3) is 0 Å². The highest BCUT2D eigenvalue weighted by Gasteiger charge is 2.21. The van der Waals surface area contributed by atoms with Gasteiger partial charge in [-0.1, -0.05) is 6.07 Å². The quantitative estimate of drug-likeness (QED) is 0.377. The molecule has 1 N–H and O–H groups in total. The van der Waals surface area contributed by atoms with Gasteiger partial charge in [-0.05, 0) is 25.5 Å². The molecular weight excluding hydrogens is 481 g/mol. The molecule has 0 saturated carbocycles. The van der Waals surface area contributed by atoms with Gasteiger partial charge in [-0.15, -0.1) is 34.2 Å². The van der Waals surface area contributed by atoms with Crippen LogP contribution < -0.4 is 15.0 Å². The molecule has 0 radical (unpaired) electrons. The van der Waals surface area contributed by atoms with Crippen molar-refractivity contribution in [2.24, 2.45) is 4.99 Å². The normalized spacial score (nSPS) is 16.4. The van der Waals surface area contributed by atoms with Gasteiger partial charge in [0.05, 0.1) is 7.11 Å². The molecule has 1 saturated heterocycles. The summed E-state index contributed by atoms with van der Waals surface area (Å²) in [6.07, 6.45) is 2.19. The summed E-state index contributed by atoms with van der Waals surface area (Å²) < 4.78 is 7.57. The minimum atomic E-state index is 0. The lowest BCUT2D eigenvalue weighted by Gasteiger charge is -2.37. The Balaban J connectivity index is 0.00000240. The summed E-state index contributed by atoms with van der Waals surface area (Å²) in [6, 6.07) is 8.27. The number of piperazine rings is 1. The number of ether oxygens (including phenoxy) is 1. The third-order valence-corrected chi connectivity index (χ3v) is 5.39. The smallest absolute Gasteiger partial charge is 0.194 e. The average molecular weight is 511 g/mol. The van der Waals surface area contributed by atoms with E-state index in [9.17, 15) is 0 Å². The maximum atomic E-state index is 5.36. The van der Waals surface area contributed by atoms with E-state index in [2.05, 4.69) is 48.9 Å². The summed E-state index contributed by atoms with van der Waals surface area (Å²) in [7, 11) is 1.71. The van der Waals surface area contributed by atoms with Crippen LogP contribution in [-0.2, 0) is 19.5 Å². The van der Waals surface area contributed by atoms with E-state index in [0.717, 1.165) is 75.5 Å². The number of aryl methyl sites for hydroxylation is 1. The predicted molar refractivity (Wildman–Crippen MR) is 125 cm³/mol. The van der Waals surface area contributed by atoms with Crippen LogP contribution in [0, 0.1) is 0 Å². The van der Waals surface area contributed by atoms with Crippen LogP contribution in [0.3, 0.4) is 0 Å². The minimum absolute atomic E-state index is 0. The Bertz CT molecular complexity index is 830. The summed E-state index contributed by atoms with van der Waals surface area (Å²) in [4.78, 5) is 9.58. The van der Waals surface area contributed by atoms with Crippen LogP contribution in [0.15, 0.2) is 29.3 Å². The van der Waals surface area contributed by atoms with Gasteiger partial charge in [0.1, 0.15) is 18.1 Å². The molecule has 0 bridgehead atoms. The van der Waals surface area contributed by atoms with Gasteiger partial charge < -0.3 is 24.4 Å². The number of aromatic nitrogens is 3. The standard InChI is InChI=1S/C20H29N7O.HI/c1-3-21-20(22-15-19-24-23-18-8-5-9-27(18)19)26-12-10-25(11-13-26)16-6-4-7-17(14-16)28-2;/h4,6-7,14H,3,5,8-13,15H2,1-2H3,(H,21,22);1H. The van der Waals surface area contributed by atoms with Gasteiger partial charge >= 0.3 is 0 Å². The van der Waals surface area contributed by atoms with Gasteiger partial charge in [0, 0.05) is 57.4 Å². The molecule has 4 rings (SSSR count). The number of fused-ring (bicyclic) bond motifs is 1. The number of halogens is 1. The number of hydrogen-bond acceptors (Lipinski definition) is 5. The van der Waals surface area contributed by atoms with E-state index < -0.39 is 0 Å². The topological polar surface area (TPSA) is 70.8 Å². The van der Waals surface area contributed by atoms with Crippen LogP contribution in [-0.4, -0.2) is 65.5 Å². The van der Waals surface area contributed by atoms with E-state index in [1.807, 2.05) is 12.1 Å². The molecule has 0 spiro atoms. The van der Waals surface area contributed by atoms with Crippen molar-refractivity contribution in [3.63, 3.8) is 0 Å². The molecule has 0 unspecified atom stereocenters. The highest BCUT2D eigenvalue weighted by molar-refractivity contribution is 14.0. The molecule has 1 aromatic carbocycles. The number of methoxy groups -OCH3 is 1. The molecule has 8 nitrogen and oxygen atoms in total. The van der Waals surface area contributed by atoms with Crippen LogP contribution in [0.2, 0.25) is 0 Å². The second-order valence-electron chi connectivity index (χ2n) is 7.13. The monoisotopic (exact) mass is 511 g/mol. The Labute approximate surface area is 189 Å². The van der Waals surface area contributed by atoms with Crippen molar-refractivity contribution in [2.75, 3.05) is 44.7 Å². The third-order valence-electron chi connectivity index (χ3n) is 5.39. The molecule has 9 heteroatoms. The van der Waals surface area contributed by atoms with Crippen molar-refractivity contribution in [1.29, 1.82) is 0 Å². The zero-order valence-electron chi connectivity index (χ0n) is 17.2. The van der Waals surface area contributed by atoms with E-state index in [-0.39, 0.29) is 24.0 Å². The van der Waals surface area contributed by atoms with E-state index in [1.165, 1.54) is 5.69 Å². The lowest BCUT2D eigenvalue weighted by Crippen LogP contribution is -2.52. The summed E-state index contributed by atoms with van der Waals surface area (Å²) in [5.41, 5.74) is 1.21. The first-order chi connectivity index (χ1) is 13.8. The molecule has 0 atom stereocenters. The van der Waals surface area contributed by atoms with Gasteiger partial charge in [0.25, 0.3) is 0 Å². The first-order valence-corrected chi connectivity index (χ1v) is 10.1. The van der Waals surface area contributed by atoms with Crippen molar-refractivity contribution in [1.82, 2.24) is 25.0 Å². The Morgan fingerprint density at radius 2 is 2.00 bits per heavy atom. The molecule has 2 aliphatic rings. The number of guanidine groups is 1. The van der Waals surface area contributed by atoms with E-state index in [1.54, 1.807) is 7.11 Å². The largest absolute Gasteiger partial charge is 0.497 e. The van der Waals surface area contributed by atoms with Gasteiger partial charge in [0.2, 0.25) is 0 Å². The predicted octanol–water partition coefficient (Wildman–Crippen LogP) is 2.14. The zero-order chi connectivity index (χ0) is 19.3. The van der Waals surface area contributed by atoms with E-state index in [4.69, 9.17) is 9.73 Å². The zero-order valence-corrected chi connectivity index (χ0v) is 19.5. The van der Waals surface area contributed by atoms with Crippen LogP contribution in [0.5, 0.6) is 5.75 Å². The second kappa shape index (κ2) is 10.1. The Kier molecular flexibility index (Phi) is 7.57. The Morgan fingerprint density at radius 1 is 1.17 bits per heavy atom. The Morgan fingerprint density at radius 3 is 2.76 bits per heavy atom. The van der Waals surface area contributed by atoms with Gasteiger partial charge in [-0.3, -0.25) is 0 Å². The summed E-state index contributed by atoms with van der Waals surface area (Å²) in [6.45, 7) is 8.33. The molecule has 1 aromatic heterocycles. The molecule has 2 aromatic rings. The van der Waals surface area contributed by atoms with E-state index in [0.29, 0.717) is 6.54 Å². The Hall–Kier alpha value is -2.04. The fourth-order valence-corrected chi connectivity index (χ4v) is 3.88. The fraction of sp³-hybridized carbons (Fsp3) is 0.550. The second-order valence-corrected chi connectivity index (χ2v) is 7.13. The summed E-state index contributed by atoms with van der Waals surface area (Å²) in [5.74, 6) is 3.93. The molecule has 0 aliphatic carbocycles. The van der Waals surface area contributed by atoms with Crippen LogP contribution in [0.1, 0.15) is 25.0 Å². The molecular formula is C20H30IN7O. The molecule has 1 fully saturated rings. The fourth-order valence-electron chi connectivity index (χ4n) is 3.88. The van der Waals surface area contributed by atoms with Crippen molar-refractivity contribution in [2.45, 2.75) is 32.9 Å². The maximum Gasteiger partial charge on any atom is 0.194 e. The number of anilines is 1. The van der Waals surface area contributed by atoms with Crippen LogP contribution >= 0.6 is 24.0 Å². The van der Waals surface area contributed by atoms with Gasteiger partial charge in [-0.2, -0.15) is 0 Å². The average Bonchev–Trinajstić information content (AvgIpc) is 3.36. The SMILES string of the molecule is CCNC(=NCc1nnc2n1CCC2)N1CCN(c2cccc(OC)c2)CC1.I. The van der Waals surface area contributed by atoms with Gasteiger partial charge in [0.15, 0.2) is 11.8 Å². The number of hydrogen-bond donors (Lipinski definition) is 1. The molecule has 158 valence electrons. The van der Waals surface area contributed by atoms with Crippen molar-refractivity contribution >= 4 is 35.6 Å². The number of nitrogens with zero attached hydrogens (tertiary/aromatic N) is 6. The number of aliphatic imine (C=N–C) groups is 1. The maximum absolute atomic E-state index is 5.36. The van der Waals surface area contributed by atoms with Crippen molar-refractivity contribution < 1.29 is 4.74 Å². The molecule has 0 amide bonds. The van der Waals surface area contributed by atoms with Gasteiger partial charge in [-0.25, -0.2) is 4.99 Å². The minimum Gasteiger partial charge on any atom is -0.497 e. The van der Waals surface area contributed by atoms with Crippen molar-refractivity contribution in [3.8, 4) is 5.75 Å². The molecule has 3 heterocycles. The first-order valence-electron chi connectivity index (χ1n) is 10.1. The van der Waals surface area contributed by atoms with Crippen molar-refractivity contribution in [3.05, 3.63) is 35.9 Å². The highest BCUT2D eigenvalue weighted by atomic mass is 127. The summed E-state index contributed by atoms with van der Waals surface area (Å²) >= 11 is 0. The number of nitrogens with one attached hydrogen (secondary N) is 1. The first kappa shape index (κ1) is 21.7. The van der Waals surface area contributed by atoms with Crippen LogP contribution in [0.4, 0.5) is 5.69 Å². The lowest BCUT2D eigenvalue weighted by atomic mass is 10.2. The molecule has 29 heavy (non-hydrogen) atoms. The van der Waals surface area contributed by atoms with E-state index >= 15 is 0 Å². The number of rotatable bonds is 5. The summed E-state index contributed by atoms with van der Waals surface area (Å²) in [5, 5.41) is 12.0. The number of benzene rings is 1. The third kappa shape index (κ3) is 4.93. The lowest BCUT2D eigenvalue weighted by molar-refractivity contribution is 0.371. The highest BCUT2D eigenvalue weighted by Crippen LogP contribution is 2.22. The molecule has 2 aliphatic heterocycles.